The van der Waals surface area contributed by atoms with E-state index in [1.165, 1.54) is 4.90 Å². The molecule has 7 heteroatoms. The molecule has 0 unspecified atom stereocenters. The molecule has 0 saturated carbocycles. The molecule has 1 saturated heterocycles. The van der Waals surface area contributed by atoms with Crippen LogP contribution in [0.25, 0.3) is 6.08 Å². The Balaban J connectivity index is 1.33. The lowest BCUT2D eigenvalue weighted by Gasteiger charge is -2.11. The van der Waals surface area contributed by atoms with Crippen molar-refractivity contribution >= 4 is 29.6 Å². The minimum absolute atomic E-state index is 0.128. The maximum absolute atomic E-state index is 12.6. The summed E-state index contributed by atoms with van der Waals surface area (Å²) in [4.78, 5) is 38.1. The zero-order valence-corrected chi connectivity index (χ0v) is 18.1. The van der Waals surface area contributed by atoms with Crippen molar-refractivity contribution in [1.29, 1.82) is 0 Å². The van der Waals surface area contributed by atoms with Gasteiger partial charge in [0.05, 0.1) is 6.54 Å². The zero-order chi connectivity index (χ0) is 23.2. The molecule has 1 aliphatic rings. The molecule has 4 amide bonds. The fourth-order valence-electron chi connectivity index (χ4n) is 3.29. The second-order valence-corrected chi connectivity index (χ2v) is 7.64. The molecule has 1 fully saturated rings. The van der Waals surface area contributed by atoms with Crippen molar-refractivity contribution in [2.45, 2.75) is 13.5 Å². The van der Waals surface area contributed by atoms with Crippen LogP contribution in [0.5, 0.6) is 5.75 Å². The lowest BCUT2D eigenvalue weighted by Crippen LogP contribution is -2.30. The lowest BCUT2D eigenvalue weighted by atomic mass is 10.1. The van der Waals surface area contributed by atoms with E-state index >= 15 is 0 Å². The molecular formula is C26H23N3O4. The van der Waals surface area contributed by atoms with Gasteiger partial charge in [-0.2, -0.15) is 0 Å². The van der Waals surface area contributed by atoms with Crippen LogP contribution in [0.1, 0.15) is 16.7 Å². The average molecular weight is 441 g/mol. The molecule has 4 rings (SSSR count). The largest absolute Gasteiger partial charge is 0.484 e. The molecule has 1 heterocycles. The van der Waals surface area contributed by atoms with Gasteiger partial charge in [0.1, 0.15) is 11.4 Å². The van der Waals surface area contributed by atoms with E-state index < -0.39 is 6.03 Å². The Morgan fingerprint density at radius 2 is 1.67 bits per heavy atom. The van der Waals surface area contributed by atoms with Crippen molar-refractivity contribution < 1.29 is 19.1 Å². The molecule has 7 nitrogen and oxygen atoms in total. The highest BCUT2D eigenvalue weighted by Crippen LogP contribution is 2.19. The van der Waals surface area contributed by atoms with E-state index in [0.29, 0.717) is 11.4 Å². The number of amides is 4. The average Bonchev–Trinajstić information content (AvgIpc) is 3.08. The molecule has 0 atom stereocenters. The smallest absolute Gasteiger partial charge is 0.329 e. The van der Waals surface area contributed by atoms with Crippen LogP contribution < -0.4 is 15.4 Å². The molecule has 0 aliphatic carbocycles. The molecule has 2 N–H and O–H groups in total. The Bertz CT molecular complexity index is 1190. The van der Waals surface area contributed by atoms with E-state index in [0.717, 1.165) is 16.7 Å². The summed E-state index contributed by atoms with van der Waals surface area (Å²) in [7, 11) is 0. The van der Waals surface area contributed by atoms with Crippen molar-refractivity contribution in [3.63, 3.8) is 0 Å². The summed E-state index contributed by atoms with van der Waals surface area (Å²) in [6.45, 7) is 2.06. The molecule has 3 aromatic rings. The number of nitrogens with zero attached hydrogens (tertiary/aromatic N) is 1. The van der Waals surface area contributed by atoms with Crippen LogP contribution >= 0.6 is 0 Å². The Morgan fingerprint density at radius 3 is 2.36 bits per heavy atom. The van der Waals surface area contributed by atoms with E-state index in [1.54, 1.807) is 30.3 Å². The normalized spacial score (nSPS) is 14.3. The highest BCUT2D eigenvalue weighted by molar-refractivity contribution is 6.13. The fourth-order valence-corrected chi connectivity index (χ4v) is 3.29. The monoisotopic (exact) mass is 441 g/mol. The number of ether oxygens (including phenoxy) is 1. The van der Waals surface area contributed by atoms with Gasteiger partial charge in [-0.15, -0.1) is 0 Å². The Morgan fingerprint density at radius 1 is 0.970 bits per heavy atom. The Kier molecular flexibility index (Phi) is 6.50. The second-order valence-electron chi connectivity index (χ2n) is 7.64. The maximum Gasteiger partial charge on any atom is 0.329 e. The zero-order valence-electron chi connectivity index (χ0n) is 18.1. The van der Waals surface area contributed by atoms with Crippen LogP contribution in [0.4, 0.5) is 10.5 Å². The molecule has 0 bridgehead atoms. The molecule has 33 heavy (non-hydrogen) atoms. The number of aryl methyl sites for hydroxylation is 1. The van der Waals surface area contributed by atoms with E-state index in [1.807, 2.05) is 61.5 Å². The Hall–Kier alpha value is -4.39. The minimum Gasteiger partial charge on any atom is -0.484 e. The summed E-state index contributed by atoms with van der Waals surface area (Å²) < 4.78 is 5.53. The number of anilines is 1. The summed E-state index contributed by atoms with van der Waals surface area (Å²) in [5.74, 6) is -0.122. The van der Waals surface area contributed by atoms with E-state index in [4.69, 9.17) is 4.74 Å². The molecule has 0 spiro atoms. The van der Waals surface area contributed by atoms with Crippen molar-refractivity contribution in [2.24, 2.45) is 0 Å². The number of nitrogens with one attached hydrogen (secondary N) is 2. The van der Waals surface area contributed by atoms with Gasteiger partial charge in [0.2, 0.25) is 0 Å². The van der Waals surface area contributed by atoms with Crippen LogP contribution in [0.2, 0.25) is 0 Å². The number of urea groups is 1. The number of hydrogen-bond acceptors (Lipinski definition) is 4. The first-order valence-corrected chi connectivity index (χ1v) is 10.5. The predicted molar refractivity (Wildman–Crippen MR) is 125 cm³/mol. The summed E-state index contributed by atoms with van der Waals surface area (Å²) in [6, 6.07) is 23.3. The van der Waals surface area contributed by atoms with Crippen molar-refractivity contribution in [3.8, 4) is 5.75 Å². The highest BCUT2D eigenvalue weighted by Gasteiger charge is 2.33. The van der Waals surface area contributed by atoms with Crippen LogP contribution in [-0.2, 0) is 16.1 Å². The molecular weight excluding hydrogens is 418 g/mol. The maximum atomic E-state index is 12.6. The molecule has 0 radical (unpaired) electrons. The third-order valence-corrected chi connectivity index (χ3v) is 5.04. The number of carbonyl (C=O) groups is 3. The minimum atomic E-state index is -0.449. The van der Waals surface area contributed by atoms with Crippen LogP contribution in [-0.4, -0.2) is 29.4 Å². The van der Waals surface area contributed by atoms with Crippen molar-refractivity contribution in [3.05, 3.63) is 101 Å². The number of rotatable bonds is 7. The van der Waals surface area contributed by atoms with Gasteiger partial charge in [-0.25, -0.2) is 4.79 Å². The number of carbonyl (C=O) groups excluding carboxylic acids is 3. The summed E-state index contributed by atoms with van der Waals surface area (Å²) in [5.41, 5.74) is 3.62. The first kappa shape index (κ1) is 21.8. The summed E-state index contributed by atoms with van der Waals surface area (Å²) in [6.07, 6.45) is 1.61. The van der Waals surface area contributed by atoms with Gasteiger partial charge in [0.15, 0.2) is 6.61 Å². The number of imide groups is 1. The van der Waals surface area contributed by atoms with Crippen LogP contribution in [0.3, 0.4) is 0 Å². The lowest BCUT2D eigenvalue weighted by molar-refractivity contribution is -0.123. The van der Waals surface area contributed by atoms with E-state index in [2.05, 4.69) is 10.6 Å². The van der Waals surface area contributed by atoms with Gasteiger partial charge in [-0.1, -0.05) is 60.2 Å². The fraction of sp³-hybridized carbons (Fsp3) is 0.115. The molecule has 3 aromatic carbocycles. The van der Waals surface area contributed by atoms with Gasteiger partial charge >= 0.3 is 6.03 Å². The number of hydrogen-bond donors (Lipinski definition) is 2. The van der Waals surface area contributed by atoms with Gasteiger partial charge in [-0.05, 0) is 48.4 Å². The quantitative estimate of drug-likeness (QED) is 0.427. The van der Waals surface area contributed by atoms with Crippen molar-refractivity contribution in [2.75, 3.05) is 11.9 Å². The van der Waals surface area contributed by atoms with Crippen LogP contribution in [0.15, 0.2) is 84.6 Å². The summed E-state index contributed by atoms with van der Waals surface area (Å²) in [5, 5.41) is 5.39. The van der Waals surface area contributed by atoms with Gasteiger partial charge < -0.3 is 15.4 Å². The third kappa shape index (κ3) is 5.65. The summed E-state index contributed by atoms with van der Waals surface area (Å²) >= 11 is 0. The molecule has 0 aromatic heterocycles. The van der Waals surface area contributed by atoms with Crippen molar-refractivity contribution in [1.82, 2.24) is 10.2 Å². The Labute approximate surface area is 191 Å². The number of benzene rings is 3. The predicted octanol–water partition coefficient (Wildman–Crippen LogP) is 4.11. The van der Waals surface area contributed by atoms with E-state index in [-0.39, 0.29) is 30.7 Å². The molecule has 166 valence electrons. The highest BCUT2D eigenvalue weighted by atomic mass is 16.5. The second kappa shape index (κ2) is 9.82. The third-order valence-electron chi connectivity index (χ3n) is 5.04. The topological polar surface area (TPSA) is 87.7 Å². The SMILES string of the molecule is Cc1ccc(NC(=O)COc2ccc(/C=C3/NC(=O)N(Cc4ccccc4)C3=O)cc2)cc1. The van der Waals surface area contributed by atoms with Gasteiger partial charge in [-0.3, -0.25) is 14.5 Å². The van der Waals surface area contributed by atoms with Gasteiger partial charge in [0.25, 0.3) is 11.8 Å². The van der Waals surface area contributed by atoms with E-state index in [9.17, 15) is 14.4 Å². The first-order valence-electron chi connectivity index (χ1n) is 10.5. The molecule has 1 aliphatic heterocycles. The standard InChI is InChI=1S/C26H23N3O4/c1-18-7-11-21(12-8-18)27-24(30)17-33-22-13-9-19(10-14-22)15-23-25(31)29(26(32)28-23)16-20-5-3-2-4-6-20/h2-15H,16-17H2,1H3,(H,27,30)(H,28,32)/b23-15+. The first-order chi connectivity index (χ1) is 16.0. The van der Waals surface area contributed by atoms with Gasteiger partial charge in [0, 0.05) is 5.69 Å². The van der Waals surface area contributed by atoms with Crippen LogP contribution in [0, 0.1) is 6.92 Å².